The third kappa shape index (κ3) is 5.71. The summed E-state index contributed by atoms with van der Waals surface area (Å²) in [7, 11) is 1.69. The van der Waals surface area contributed by atoms with Crippen LogP contribution in [-0.2, 0) is 10.3 Å². The van der Waals surface area contributed by atoms with Gasteiger partial charge in [-0.3, -0.25) is 0 Å². The van der Waals surface area contributed by atoms with Gasteiger partial charge in [0, 0.05) is 62.4 Å². The molecule has 2 aromatic carbocycles. The van der Waals surface area contributed by atoms with Crippen LogP contribution in [0, 0.1) is 5.92 Å². The third-order valence-corrected chi connectivity index (χ3v) is 8.01. The van der Waals surface area contributed by atoms with Gasteiger partial charge in [0.25, 0.3) is 0 Å². The molecule has 2 aromatic rings. The Kier molecular flexibility index (Phi) is 8.91. The first-order valence-corrected chi connectivity index (χ1v) is 13.3. The van der Waals surface area contributed by atoms with Gasteiger partial charge < -0.3 is 30.5 Å². The molecule has 2 fully saturated rings. The number of carbonyl (C=O) groups excluding carboxylic acids is 1. The highest BCUT2D eigenvalue weighted by Gasteiger charge is 2.44. The molecule has 2 amide bonds. The average Bonchev–Trinajstić information content (AvgIpc) is 3.24. The van der Waals surface area contributed by atoms with E-state index >= 15 is 0 Å². The van der Waals surface area contributed by atoms with Crippen molar-refractivity contribution in [1.82, 2.24) is 9.80 Å². The van der Waals surface area contributed by atoms with Gasteiger partial charge >= 0.3 is 6.03 Å². The standard InChI is InChI=1S/C28H38ClN3O4/c1-36-16-7-6-14-28(35,23-12-4-2-10-21(23)22-11-3-5-13-24(22)29)20-9-8-15-31(17-20)27(34)32-18-25(30)26(33)19-32/h2-5,10-13,20,25-26,33,35H,6-9,14-19,30H2,1H3/t20-,25-,26+,28+/m1/s1. The Labute approximate surface area is 218 Å². The minimum absolute atomic E-state index is 0.118. The lowest BCUT2D eigenvalue weighted by atomic mass is 9.72. The number of β-amino-alcohol motifs (C(OH)–C–C–N with tert-alkyl or cyclic N) is 1. The van der Waals surface area contributed by atoms with Crippen molar-refractivity contribution in [1.29, 1.82) is 0 Å². The summed E-state index contributed by atoms with van der Waals surface area (Å²) >= 11 is 6.59. The number of aliphatic hydroxyl groups is 2. The number of halogens is 1. The number of benzene rings is 2. The molecule has 7 nitrogen and oxygen atoms in total. The number of unbranched alkanes of at least 4 members (excludes halogenated alkanes) is 1. The van der Waals surface area contributed by atoms with Crippen molar-refractivity contribution in [2.24, 2.45) is 11.7 Å². The van der Waals surface area contributed by atoms with Crippen molar-refractivity contribution in [3.05, 3.63) is 59.1 Å². The summed E-state index contributed by atoms with van der Waals surface area (Å²) in [6.45, 7) is 2.30. The van der Waals surface area contributed by atoms with Crippen LogP contribution in [0.15, 0.2) is 48.5 Å². The highest BCUT2D eigenvalue weighted by atomic mass is 35.5. The number of aliphatic hydroxyl groups excluding tert-OH is 1. The van der Waals surface area contributed by atoms with Gasteiger partial charge in [-0.05, 0) is 49.3 Å². The zero-order chi connectivity index (χ0) is 25.7. The molecule has 2 heterocycles. The van der Waals surface area contributed by atoms with E-state index in [2.05, 4.69) is 0 Å². The first kappa shape index (κ1) is 26.9. The fraction of sp³-hybridized carbons (Fsp3) is 0.536. The van der Waals surface area contributed by atoms with E-state index in [1.165, 1.54) is 0 Å². The lowest BCUT2D eigenvalue weighted by Crippen LogP contribution is -2.52. The normalized spacial score (nSPS) is 24.1. The summed E-state index contributed by atoms with van der Waals surface area (Å²) in [6.07, 6.45) is 3.09. The van der Waals surface area contributed by atoms with Gasteiger partial charge in [-0.15, -0.1) is 0 Å². The third-order valence-electron chi connectivity index (χ3n) is 7.68. The largest absolute Gasteiger partial charge is 0.390 e. The molecule has 0 bridgehead atoms. The van der Waals surface area contributed by atoms with Crippen LogP contribution >= 0.6 is 11.6 Å². The summed E-state index contributed by atoms with van der Waals surface area (Å²) in [5, 5.41) is 23.2. The maximum Gasteiger partial charge on any atom is 0.320 e. The number of nitrogens with zero attached hydrogens (tertiary/aromatic N) is 2. The van der Waals surface area contributed by atoms with Gasteiger partial charge in [-0.1, -0.05) is 54.1 Å². The molecule has 2 aliphatic heterocycles. The molecular formula is C28H38ClN3O4. The number of rotatable bonds is 8. The van der Waals surface area contributed by atoms with Crippen LogP contribution in [0.3, 0.4) is 0 Å². The molecule has 0 aliphatic carbocycles. The molecule has 2 aliphatic rings. The molecule has 4 N–H and O–H groups in total. The first-order chi connectivity index (χ1) is 17.3. The predicted molar refractivity (Wildman–Crippen MR) is 142 cm³/mol. The lowest BCUT2D eigenvalue weighted by Gasteiger charge is -2.44. The van der Waals surface area contributed by atoms with Gasteiger partial charge in [-0.25, -0.2) is 4.79 Å². The van der Waals surface area contributed by atoms with E-state index < -0.39 is 17.7 Å². The van der Waals surface area contributed by atoms with Crippen molar-refractivity contribution < 1.29 is 19.7 Å². The number of methoxy groups -OCH3 is 1. The van der Waals surface area contributed by atoms with Gasteiger partial charge in [-0.2, -0.15) is 0 Å². The van der Waals surface area contributed by atoms with Crippen molar-refractivity contribution in [3.63, 3.8) is 0 Å². The molecule has 4 atom stereocenters. The zero-order valence-electron chi connectivity index (χ0n) is 21.0. The van der Waals surface area contributed by atoms with E-state index in [9.17, 15) is 15.0 Å². The van der Waals surface area contributed by atoms with Gasteiger partial charge in [0.2, 0.25) is 0 Å². The summed E-state index contributed by atoms with van der Waals surface area (Å²) < 4.78 is 5.25. The Morgan fingerprint density at radius 1 is 1.08 bits per heavy atom. The molecule has 196 valence electrons. The van der Waals surface area contributed by atoms with Crippen LogP contribution in [0.4, 0.5) is 4.79 Å². The minimum atomic E-state index is -1.15. The molecule has 36 heavy (non-hydrogen) atoms. The number of hydrogen-bond donors (Lipinski definition) is 3. The number of amides is 2. The SMILES string of the molecule is COCCCC[C@@](O)(c1ccccc1-c1ccccc1Cl)[C@@H]1CCCN(C(=O)N2C[C@@H](N)[C@@H](O)C2)C1. The summed E-state index contributed by atoms with van der Waals surface area (Å²) in [4.78, 5) is 16.8. The van der Waals surface area contributed by atoms with Crippen LogP contribution < -0.4 is 5.73 Å². The Balaban J connectivity index is 1.65. The molecular weight excluding hydrogens is 478 g/mol. The smallest absolute Gasteiger partial charge is 0.320 e. The van der Waals surface area contributed by atoms with Crippen molar-refractivity contribution >= 4 is 17.6 Å². The summed E-state index contributed by atoms with van der Waals surface area (Å²) in [5.41, 5.74) is 7.44. The van der Waals surface area contributed by atoms with Gasteiger partial charge in [0.05, 0.1) is 11.7 Å². The number of piperidine rings is 1. The van der Waals surface area contributed by atoms with E-state index in [0.717, 1.165) is 42.4 Å². The molecule has 0 saturated carbocycles. The molecule has 2 saturated heterocycles. The van der Waals surface area contributed by atoms with Gasteiger partial charge in [0.15, 0.2) is 0 Å². The number of carbonyl (C=O) groups is 1. The average molecular weight is 516 g/mol. The highest BCUT2D eigenvalue weighted by Crippen LogP contribution is 2.44. The van der Waals surface area contributed by atoms with Crippen molar-refractivity contribution in [2.45, 2.75) is 49.9 Å². The fourth-order valence-corrected chi connectivity index (χ4v) is 5.92. The van der Waals surface area contributed by atoms with E-state index in [1.807, 2.05) is 53.4 Å². The van der Waals surface area contributed by atoms with Crippen LogP contribution in [0.5, 0.6) is 0 Å². The van der Waals surface area contributed by atoms with Crippen LogP contribution in [0.1, 0.15) is 37.7 Å². The quantitative estimate of drug-likeness (QED) is 0.464. The van der Waals surface area contributed by atoms with Crippen LogP contribution in [-0.4, -0.2) is 78.1 Å². The molecule has 0 aromatic heterocycles. The second kappa shape index (κ2) is 11.9. The Hall–Kier alpha value is -2.16. The zero-order valence-corrected chi connectivity index (χ0v) is 21.7. The van der Waals surface area contributed by atoms with Gasteiger partial charge in [0.1, 0.15) is 0 Å². The number of urea groups is 1. The van der Waals surface area contributed by atoms with Crippen molar-refractivity contribution in [3.8, 4) is 11.1 Å². The first-order valence-electron chi connectivity index (χ1n) is 12.9. The second-order valence-corrected chi connectivity index (χ2v) is 10.5. The topological polar surface area (TPSA) is 99.3 Å². The highest BCUT2D eigenvalue weighted by molar-refractivity contribution is 6.33. The Morgan fingerprint density at radius 2 is 1.81 bits per heavy atom. The van der Waals surface area contributed by atoms with Crippen molar-refractivity contribution in [2.75, 3.05) is 39.9 Å². The minimum Gasteiger partial charge on any atom is -0.390 e. The molecule has 4 rings (SSSR count). The lowest BCUT2D eigenvalue weighted by molar-refractivity contribution is -0.0571. The number of nitrogens with two attached hydrogens (primary N) is 1. The number of likely N-dealkylation sites (tertiary alicyclic amines) is 2. The fourth-order valence-electron chi connectivity index (χ4n) is 5.68. The van der Waals surface area contributed by atoms with E-state index in [1.54, 1.807) is 12.0 Å². The predicted octanol–water partition coefficient (Wildman–Crippen LogP) is 3.85. The molecule has 0 spiro atoms. The van der Waals surface area contributed by atoms with E-state index in [4.69, 9.17) is 22.1 Å². The van der Waals surface area contributed by atoms with E-state index in [0.29, 0.717) is 37.7 Å². The maximum atomic E-state index is 13.3. The second-order valence-electron chi connectivity index (χ2n) is 10.1. The van der Waals surface area contributed by atoms with Crippen LogP contribution in [0.25, 0.3) is 11.1 Å². The van der Waals surface area contributed by atoms with Crippen LogP contribution in [0.2, 0.25) is 5.02 Å². The maximum absolute atomic E-state index is 13.3. The Bertz CT molecular complexity index is 1030. The van der Waals surface area contributed by atoms with E-state index in [-0.39, 0.29) is 18.5 Å². The molecule has 0 radical (unpaired) electrons. The molecule has 0 unspecified atom stereocenters. The molecule has 8 heteroatoms. The summed E-state index contributed by atoms with van der Waals surface area (Å²) in [6, 6.07) is 15.1. The Morgan fingerprint density at radius 3 is 2.50 bits per heavy atom. The summed E-state index contributed by atoms with van der Waals surface area (Å²) in [5.74, 6) is -0.150. The number of hydrogen-bond acceptors (Lipinski definition) is 5. The number of ether oxygens (including phenoxy) is 1. The monoisotopic (exact) mass is 515 g/mol.